The Morgan fingerprint density at radius 2 is 2.28 bits per heavy atom. The van der Waals surface area contributed by atoms with E-state index in [1.165, 1.54) is 10.6 Å². The highest BCUT2D eigenvalue weighted by Crippen LogP contribution is 2.12. The molecule has 2 heterocycles. The van der Waals surface area contributed by atoms with Crippen LogP contribution in [0.15, 0.2) is 23.7 Å². The fraction of sp³-hybridized carbons (Fsp3) is 0.500. The number of aryl methyl sites for hydroxylation is 2. The molecule has 0 radical (unpaired) electrons. The van der Waals surface area contributed by atoms with E-state index in [1.807, 2.05) is 17.5 Å². The van der Waals surface area contributed by atoms with Gasteiger partial charge in [0.15, 0.2) is 0 Å². The minimum Gasteiger partial charge on any atom is -0.331 e. The summed E-state index contributed by atoms with van der Waals surface area (Å²) in [6.07, 6.45) is 3.07. The summed E-state index contributed by atoms with van der Waals surface area (Å²) in [7, 11) is 0. The van der Waals surface area contributed by atoms with Gasteiger partial charge in [-0.25, -0.2) is 4.98 Å². The maximum atomic E-state index is 4.42. The third kappa shape index (κ3) is 3.43. The molecule has 2 aromatic heterocycles. The van der Waals surface area contributed by atoms with Crippen LogP contribution in [0.4, 0.5) is 0 Å². The van der Waals surface area contributed by atoms with Gasteiger partial charge in [-0.15, -0.1) is 11.3 Å². The Bertz CT molecular complexity index is 471. The summed E-state index contributed by atoms with van der Waals surface area (Å²) in [5.74, 6) is 1.10. The minimum atomic E-state index is 0.506. The van der Waals surface area contributed by atoms with Gasteiger partial charge in [0.2, 0.25) is 0 Å². The smallest absolute Gasteiger partial charge is 0.105 e. The molecule has 0 aliphatic rings. The molecule has 18 heavy (non-hydrogen) atoms. The Hall–Kier alpha value is -1.13. The van der Waals surface area contributed by atoms with E-state index in [2.05, 4.69) is 53.2 Å². The van der Waals surface area contributed by atoms with Crippen molar-refractivity contribution >= 4 is 11.3 Å². The third-order valence-electron chi connectivity index (χ3n) is 2.99. The van der Waals surface area contributed by atoms with Crippen LogP contribution in [0.2, 0.25) is 0 Å². The van der Waals surface area contributed by atoms with Crippen LogP contribution >= 0.6 is 11.3 Å². The van der Waals surface area contributed by atoms with Crippen molar-refractivity contribution < 1.29 is 0 Å². The second kappa shape index (κ2) is 6.16. The molecule has 0 saturated carbocycles. The van der Waals surface area contributed by atoms with Gasteiger partial charge in [-0.3, -0.25) is 0 Å². The van der Waals surface area contributed by atoms with Crippen LogP contribution in [0.25, 0.3) is 0 Å². The SMILES string of the molecule is Cc1ncc(CNC(C)C)n1CCc1cccs1. The standard InChI is InChI=1S/C14H21N3S/c1-11(2)15-9-13-10-16-12(3)17(13)7-6-14-5-4-8-18-14/h4-5,8,10-11,15H,6-7,9H2,1-3H3. The van der Waals surface area contributed by atoms with Crippen molar-refractivity contribution in [2.24, 2.45) is 0 Å². The van der Waals surface area contributed by atoms with Crippen molar-refractivity contribution in [3.05, 3.63) is 40.1 Å². The first-order chi connectivity index (χ1) is 8.66. The fourth-order valence-electron chi connectivity index (χ4n) is 1.95. The van der Waals surface area contributed by atoms with Gasteiger partial charge in [-0.2, -0.15) is 0 Å². The molecule has 0 amide bonds. The Labute approximate surface area is 113 Å². The van der Waals surface area contributed by atoms with Gasteiger partial charge >= 0.3 is 0 Å². The van der Waals surface area contributed by atoms with Gasteiger partial charge < -0.3 is 9.88 Å². The lowest BCUT2D eigenvalue weighted by Crippen LogP contribution is -2.23. The zero-order valence-electron chi connectivity index (χ0n) is 11.3. The van der Waals surface area contributed by atoms with Crippen LogP contribution in [0.1, 0.15) is 30.2 Å². The maximum absolute atomic E-state index is 4.42. The molecule has 0 spiro atoms. The molecule has 0 saturated heterocycles. The molecule has 0 fully saturated rings. The quantitative estimate of drug-likeness (QED) is 0.868. The van der Waals surface area contributed by atoms with Crippen LogP contribution in [0.5, 0.6) is 0 Å². The first-order valence-electron chi connectivity index (χ1n) is 6.43. The summed E-state index contributed by atoms with van der Waals surface area (Å²) < 4.78 is 2.31. The van der Waals surface area contributed by atoms with Crippen molar-refractivity contribution in [2.75, 3.05) is 0 Å². The predicted molar refractivity (Wildman–Crippen MR) is 77.0 cm³/mol. The molecular weight excluding hydrogens is 242 g/mol. The first-order valence-corrected chi connectivity index (χ1v) is 7.31. The summed E-state index contributed by atoms with van der Waals surface area (Å²) in [6, 6.07) is 4.82. The Kier molecular flexibility index (Phi) is 4.55. The summed E-state index contributed by atoms with van der Waals surface area (Å²) in [4.78, 5) is 5.86. The molecule has 0 bridgehead atoms. The molecular formula is C14H21N3S. The zero-order valence-corrected chi connectivity index (χ0v) is 12.1. The Morgan fingerprint density at radius 3 is 2.94 bits per heavy atom. The lowest BCUT2D eigenvalue weighted by molar-refractivity contribution is 0.550. The number of aromatic nitrogens is 2. The van der Waals surface area contributed by atoms with E-state index in [4.69, 9.17) is 0 Å². The summed E-state index contributed by atoms with van der Waals surface area (Å²) in [5, 5.41) is 5.59. The van der Waals surface area contributed by atoms with Gasteiger partial charge in [0.25, 0.3) is 0 Å². The van der Waals surface area contributed by atoms with Crippen molar-refractivity contribution in [3.8, 4) is 0 Å². The monoisotopic (exact) mass is 263 g/mol. The average molecular weight is 263 g/mol. The molecule has 0 aliphatic carbocycles. The molecule has 0 aromatic carbocycles. The van der Waals surface area contributed by atoms with Crippen molar-refractivity contribution in [2.45, 2.75) is 46.3 Å². The summed E-state index contributed by atoms with van der Waals surface area (Å²) >= 11 is 1.83. The van der Waals surface area contributed by atoms with Crippen LogP contribution in [0.3, 0.4) is 0 Å². The molecule has 4 heteroatoms. The van der Waals surface area contributed by atoms with Crippen molar-refractivity contribution in [1.82, 2.24) is 14.9 Å². The van der Waals surface area contributed by atoms with E-state index in [1.54, 1.807) is 0 Å². The highest BCUT2D eigenvalue weighted by Gasteiger charge is 2.07. The average Bonchev–Trinajstić information content (AvgIpc) is 2.94. The lowest BCUT2D eigenvalue weighted by atomic mass is 10.3. The van der Waals surface area contributed by atoms with Gasteiger partial charge in [0, 0.05) is 30.2 Å². The Morgan fingerprint density at radius 1 is 1.44 bits per heavy atom. The number of hydrogen-bond acceptors (Lipinski definition) is 3. The number of nitrogens with one attached hydrogen (secondary N) is 1. The number of nitrogens with zero attached hydrogens (tertiary/aromatic N) is 2. The predicted octanol–water partition coefficient (Wildman–Crippen LogP) is 2.99. The molecule has 2 aromatic rings. The summed E-state index contributed by atoms with van der Waals surface area (Å²) in [5.41, 5.74) is 1.28. The molecule has 0 aliphatic heterocycles. The normalized spacial score (nSPS) is 11.3. The van der Waals surface area contributed by atoms with Gasteiger partial charge in [-0.1, -0.05) is 19.9 Å². The van der Waals surface area contributed by atoms with E-state index in [0.717, 1.165) is 25.3 Å². The number of thiophene rings is 1. The van der Waals surface area contributed by atoms with E-state index in [-0.39, 0.29) is 0 Å². The van der Waals surface area contributed by atoms with Crippen molar-refractivity contribution in [3.63, 3.8) is 0 Å². The van der Waals surface area contributed by atoms with E-state index < -0.39 is 0 Å². The van der Waals surface area contributed by atoms with E-state index in [0.29, 0.717) is 6.04 Å². The fourth-order valence-corrected chi connectivity index (χ4v) is 2.65. The molecule has 0 unspecified atom stereocenters. The van der Waals surface area contributed by atoms with E-state index >= 15 is 0 Å². The number of imidazole rings is 1. The van der Waals surface area contributed by atoms with Crippen molar-refractivity contribution in [1.29, 1.82) is 0 Å². The minimum absolute atomic E-state index is 0.506. The topological polar surface area (TPSA) is 29.9 Å². The third-order valence-corrected chi connectivity index (χ3v) is 3.93. The number of hydrogen-bond donors (Lipinski definition) is 1. The molecule has 98 valence electrons. The molecule has 2 rings (SSSR count). The maximum Gasteiger partial charge on any atom is 0.105 e. The van der Waals surface area contributed by atoms with Crippen LogP contribution < -0.4 is 5.32 Å². The Balaban J connectivity index is 1.99. The second-order valence-electron chi connectivity index (χ2n) is 4.81. The van der Waals surface area contributed by atoms with Gasteiger partial charge in [0.05, 0.1) is 5.69 Å². The van der Waals surface area contributed by atoms with Gasteiger partial charge in [-0.05, 0) is 24.8 Å². The van der Waals surface area contributed by atoms with Crippen LogP contribution in [-0.4, -0.2) is 15.6 Å². The van der Waals surface area contributed by atoms with Crippen LogP contribution in [0, 0.1) is 6.92 Å². The molecule has 3 nitrogen and oxygen atoms in total. The van der Waals surface area contributed by atoms with Crippen LogP contribution in [-0.2, 0) is 19.5 Å². The largest absolute Gasteiger partial charge is 0.331 e. The zero-order chi connectivity index (χ0) is 13.0. The first kappa shape index (κ1) is 13.3. The molecule has 1 N–H and O–H groups in total. The highest BCUT2D eigenvalue weighted by molar-refractivity contribution is 7.09. The lowest BCUT2D eigenvalue weighted by Gasteiger charge is -2.12. The highest BCUT2D eigenvalue weighted by atomic mass is 32.1. The summed E-state index contributed by atoms with van der Waals surface area (Å²) in [6.45, 7) is 8.32. The number of rotatable bonds is 6. The molecule has 0 atom stereocenters. The second-order valence-corrected chi connectivity index (χ2v) is 5.85. The van der Waals surface area contributed by atoms with Gasteiger partial charge in [0.1, 0.15) is 5.82 Å². The van der Waals surface area contributed by atoms with E-state index in [9.17, 15) is 0 Å².